The molecule has 5 nitrogen and oxygen atoms in total. The zero-order valence-corrected chi connectivity index (χ0v) is 12.3. The van der Waals surface area contributed by atoms with Gasteiger partial charge in [0, 0.05) is 19.2 Å². The molecule has 0 aliphatic heterocycles. The van der Waals surface area contributed by atoms with E-state index in [9.17, 15) is 8.42 Å². The topological polar surface area (TPSA) is 67.4 Å². The highest BCUT2D eigenvalue weighted by atomic mass is 32.2. The van der Waals surface area contributed by atoms with Crippen molar-refractivity contribution in [3.8, 4) is 5.75 Å². The van der Waals surface area contributed by atoms with Gasteiger partial charge in [0.1, 0.15) is 5.75 Å². The summed E-state index contributed by atoms with van der Waals surface area (Å²) < 4.78 is 31.9. The monoisotopic (exact) mass is 286 g/mol. The normalized spacial score (nSPS) is 11.5. The minimum absolute atomic E-state index is 0.231. The highest BCUT2D eigenvalue weighted by Crippen LogP contribution is 2.17. The zero-order chi connectivity index (χ0) is 14.1. The van der Waals surface area contributed by atoms with Crippen molar-refractivity contribution in [2.24, 2.45) is 0 Å². The highest BCUT2D eigenvalue weighted by molar-refractivity contribution is 7.89. The van der Waals surface area contributed by atoms with E-state index in [1.54, 1.807) is 18.2 Å². The predicted octanol–water partition coefficient (Wildman–Crippen LogP) is 1.36. The van der Waals surface area contributed by atoms with Crippen molar-refractivity contribution < 1.29 is 13.2 Å². The maximum atomic E-state index is 12.0. The lowest BCUT2D eigenvalue weighted by Crippen LogP contribution is -2.32. The number of ether oxygens (including phenoxy) is 1. The van der Waals surface area contributed by atoms with Crippen LogP contribution in [0.3, 0.4) is 0 Å². The van der Waals surface area contributed by atoms with Gasteiger partial charge in [-0.05, 0) is 32.0 Å². The molecule has 108 valence electrons. The lowest BCUT2D eigenvalue weighted by molar-refractivity contribution is 0.339. The summed E-state index contributed by atoms with van der Waals surface area (Å²) in [5.74, 6) is 0.564. The first-order valence-corrected chi connectivity index (χ1v) is 8.01. The molecule has 0 saturated carbocycles. The lowest BCUT2D eigenvalue weighted by Gasteiger charge is -2.09. The molecule has 0 aliphatic carbocycles. The minimum Gasteiger partial charge on any atom is -0.494 e. The molecule has 0 amide bonds. The summed E-state index contributed by atoms with van der Waals surface area (Å²) in [6.07, 6.45) is 1.03. The third-order valence-corrected chi connectivity index (χ3v) is 3.91. The van der Waals surface area contributed by atoms with E-state index < -0.39 is 10.0 Å². The Hall–Kier alpha value is -1.11. The zero-order valence-electron chi connectivity index (χ0n) is 11.5. The van der Waals surface area contributed by atoms with Crippen LogP contribution in [-0.4, -0.2) is 34.7 Å². The molecule has 0 bridgehead atoms. The molecule has 1 aromatic rings. The summed E-state index contributed by atoms with van der Waals surface area (Å²) in [6, 6.07) is 6.51. The number of nitrogens with one attached hydrogen (secondary N) is 2. The fraction of sp³-hybridized carbons (Fsp3) is 0.538. The van der Waals surface area contributed by atoms with Gasteiger partial charge in [0.15, 0.2) is 0 Å². The van der Waals surface area contributed by atoms with E-state index in [0.717, 1.165) is 13.0 Å². The van der Waals surface area contributed by atoms with Gasteiger partial charge in [-0.15, -0.1) is 0 Å². The van der Waals surface area contributed by atoms with Gasteiger partial charge >= 0.3 is 0 Å². The summed E-state index contributed by atoms with van der Waals surface area (Å²) >= 11 is 0. The van der Waals surface area contributed by atoms with Gasteiger partial charge in [-0.2, -0.15) is 0 Å². The molecule has 0 aliphatic rings. The highest BCUT2D eigenvalue weighted by Gasteiger charge is 2.13. The van der Waals surface area contributed by atoms with Gasteiger partial charge in [0.25, 0.3) is 0 Å². The van der Waals surface area contributed by atoms with E-state index in [0.29, 0.717) is 25.4 Å². The van der Waals surface area contributed by atoms with Crippen LogP contribution in [0.1, 0.15) is 20.3 Å². The summed E-state index contributed by atoms with van der Waals surface area (Å²) in [7, 11) is -3.46. The maximum Gasteiger partial charge on any atom is 0.240 e. The standard InChI is InChI=1S/C13H22N2O3S/c1-3-8-14-9-10-15-19(16,17)13-7-5-6-12(11-13)18-4-2/h5-7,11,14-15H,3-4,8-10H2,1-2H3. The number of benzene rings is 1. The summed E-state index contributed by atoms with van der Waals surface area (Å²) in [5.41, 5.74) is 0. The SMILES string of the molecule is CCCNCCNS(=O)(=O)c1cccc(OCC)c1. The van der Waals surface area contributed by atoms with Gasteiger partial charge in [0.2, 0.25) is 10.0 Å². The first-order chi connectivity index (χ1) is 9.10. The van der Waals surface area contributed by atoms with Crippen LogP contribution in [0.15, 0.2) is 29.2 Å². The average Bonchev–Trinajstić information content (AvgIpc) is 2.39. The second-order valence-electron chi connectivity index (χ2n) is 4.06. The summed E-state index contributed by atoms with van der Waals surface area (Å²) in [4.78, 5) is 0.231. The Labute approximate surface area is 115 Å². The van der Waals surface area contributed by atoms with Gasteiger partial charge < -0.3 is 10.1 Å². The largest absolute Gasteiger partial charge is 0.494 e. The molecule has 0 spiro atoms. The van der Waals surface area contributed by atoms with E-state index >= 15 is 0 Å². The molecule has 1 rings (SSSR count). The van der Waals surface area contributed by atoms with Crippen LogP contribution >= 0.6 is 0 Å². The van der Waals surface area contributed by atoms with E-state index in [4.69, 9.17) is 4.74 Å². The van der Waals surface area contributed by atoms with Crippen LogP contribution in [0, 0.1) is 0 Å². The van der Waals surface area contributed by atoms with Crippen molar-refractivity contribution in [2.45, 2.75) is 25.2 Å². The molecule has 0 unspecified atom stereocenters. The van der Waals surface area contributed by atoms with Crippen molar-refractivity contribution in [1.82, 2.24) is 10.0 Å². The molecular formula is C13H22N2O3S. The first-order valence-electron chi connectivity index (χ1n) is 6.53. The smallest absolute Gasteiger partial charge is 0.240 e. The Morgan fingerprint density at radius 3 is 2.63 bits per heavy atom. The van der Waals surface area contributed by atoms with Crippen LogP contribution in [-0.2, 0) is 10.0 Å². The van der Waals surface area contributed by atoms with Crippen molar-refractivity contribution in [2.75, 3.05) is 26.2 Å². The van der Waals surface area contributed by atoms with E-state index in [2.05, 4.69) is 17.0 Å². The fourth-order valence-corrected chi connectivity index (χ4v) is 2.62. The lowest BCUT2D eigenvalue weighted by atomic mass is 10.3. The molecule has 0 aromatic heterocycles. The molecule has 2 N–H and O–H groups in total. The van der Waals surface area contributed by atoms with Crippen LogP contribution in [0.5, 0.6) is 5.75 Å². The van der Waals surface area contributed by atoms with E-state index in [1.165, 1.54) is 6.07 Å². The van der Waals surface area contributed by atoms with Crippen molar-refractivity contribution >= 4 is 10.0 Å². The average molecular weight is 286 g/mol. The summed E-state index contributed by atoms with van der Waals surface area (Å²) in [5, 5.41) is 3.14. The molecule has 0 radical (unpaired) electrons. The molecule has 0 fully saturated rings. The Balaban J connectivity index is 2.58. The van der Waals surface area contributed by atoms with Gasteiger partial charge in [-0.25, -0.2) is 13.1 Å². The third-order valence-electron chi connectivity index (χ3n) is 2.45. The van der Waals surface area contributed by atoms with Gasteiger partial charge in [-0.1, -0.05) is 13.0 Å². The molecular weight excluding hydrogens is 264 g/mol. The van der Waals surface area contributed by atoms with E-state index in [-0.39, 0.29) is 4.90 Å². The Morgan fingerprint density at radius 1 is 1.16 bits per heavy atom. The summed E-state index contributed by atoms with van der Waals surface area (Å²) in [6.45, 7) is 6.33. The van der Waals surface area contributed by atoms with Crippen LogP contribution in [0.25, 0.3) is 0 Å². The number of hydrogen-bond donors (Lipinski definition) is 2. The molecule has 0 atom stereocenters. The van der Waals surface area contributed by atoms with Crippen molar-refractivity contribution in [3.63, 3.8) is 0 Å². The predicted molar refractivity (Wildman–Crippen MR) is 76.0 cm³/mol. The quantitative estimate of drug-likeness (QED) is 0.673. The first kappa shape index (κ1) is 15.9. The Morgan fingerprint density at radius 2 is 1.95 bits per heavy atom. The third kappa shape index (κ3) is 5.59. The maximum absolute atomic E-state index is 12.0. The van der Waals surface area contributed by atoms with Gasteiger partial charge in [-0.3, -0.25) is 0 Å². The Kier molecular flexibility index (Phi) is 6.83. The second-order valence-corrected chi connectivity index (χ2v) is 5.82. The molecule has 19 heavy (non-hydrogen) atoms. The minimum atomic E-state index is -3.46. The van der Waals surface area contributed by atoms with Gasteiger partial charge in [0.05, 0.1) is 11.5 Å². The van der Waals surface area contributed by atoms with Crippen molar-refractivity contribution in [1.29, 1.82) is 0 Å². The molecule has 6 heteroatoms. The fourth-order valence-electron chi connectivity index (χ4n) is 1.56. The number of sulfonamides is 1. The second kappa shape index (κ2) is 8.14. The number of hydrogen-bond acceptors (Lipinski definition) is 4. The molecule has 0 heterocycles. The molecule has 1 aromatic carbocycles. The van der Waals surface area contributed by atoms with Crippen LogP contribution < -0.4 is 14.8 Å². The van der Waals surface area contributed by atoms with Crippen LogP contribution in [0.2, 0.25) is 0 Å². The van der Waals surface area contributed by atoms with E-state index in [1.807, 2.05) is 6.92 Å². The van der Waals surface area contributed by atoms with Crippen molar-refractivity contribution in [3.05, 3.63) is 24.3 Å². The molecule has 0 saturated heterocycles. The van der Waals surface area contributed by atoms with Crippen LogP contribution in [0.4, 0.5) is 0 Å². The number of rotatable bonds is 9. The Bertz CT molecular complexity index is 475.